The zero-order chi connectivity index (χ0) is 30.1. The standard InChI is InChI=1S/C33H48ClN5O2/c1-7-16-37(8-2)32(40)15-13-26-12-14-27(34)20-29(26)33(41)39-17-10-9-11-30(39)24(5)19-25(6)36-31(18-23(3)4)38-21-28(35)22-38/h12,14,18-20,28,30H,5,7-11,13,15-17,21-22,35H2,1-4,6H3/b25-19+,36-31+. The highest BCUT2D eigenvalue weighted by molar-refractivity contribution is 6.31. The van der Waals surface area contributed by atoms with Gasteiger partial charge in [0.25, 0.3) is 5.91 Å². The minimum absolute atomic E-state index is 0.0592. The van der Waals surface area contributed by atoms with E-state index in [1.807, 2.05) is 35.8 Å². The van der Waals surface area contributed by atoms with E-state index in [0.29, 0.717) is 36.5 Å². The summed E-state index contributed by atoms with van der Waals surface area (Å²) in [5.74, 6) is 0.959. The molecule has 2 amide bonds. The van der Waals surface area contributed by atoms with E-state index in [2.05, 4.69) is 38.3 Å². The van der Waals surface area contributed by atoms with E-state index in [1.165, 1.54) is 5.57 Å². The highest BCUT2D eigenvalue weighted by atomic mass is 35.5. The Morgan fingerprint density at radius 3 is 2.54 bits per heavy atom. The van der Waals surface area contributed by atoms with Gasteiger partial charge in [-0.2, -0.15) is 0 Å². The molecule has 2 aliphatic heterocycles. The first-order valence-electron chi connectivity index (χ1n) is 15.0. The second-order valence-corrected chi connectivity index (χ2v) is 11.9. The normalized spacial score (nSPS) is 18.2. The quantitative estimate of drug-likeness (QED) is 0.198. The van der Waals surface area contributed by atoms with Gasteiger partial charge in [-0.1, -0.05) is 36.7 Å². The minimum Gasteiger partial charge on any atom is -0.353 e. The molecule has 7 nitrogen and oxygen atoms in total. The summed E-state index contributed by atoms with van der Waals surface area (Å²) in [7, 11) is 0. The Kier molecular flexibility index (Phi) is 12.2. The number of carbonyl (C=O) groups excluding carboxylic acids is 2. The molecule has 0 aliphatic carbocycles. The van der Waals surface area contributed by atoms with E-state index in [1.54, 1.807) is 12.1 Å². The van der Waals surface area contributed by atoms with Crippen LogP contribution in [0.25, 0.3) is 0 Å². The highest BCUT2D eigenvalue weighted by Crippen LogP contribution is 2.28. The first-order chi connectivity index (χ1) is 19.5. The molecule has 2 heterocycles. The van der Waals surface area contributed by atoms with Crippen molar-refractivity contribution in [1.82, 2.24) is 14.7 Å². The molecule has 0 bridgehead atoms. The average Bonchev–Trinajstić information content (AvgIpc) is 2.92. The van der Waals surface area contributed by atoms with Crippen LogP contribution >= 0.6 is 11.6 Å². The van der Waals surface area contributed by atoms with E-state index in [4.69, 9.17) is 22.3 Å². The molecule has 1 aromatic carbocycles. The van der Waals surface area contributed by atoms with Crippen molar-refractivity contribution in [3.8, 4) is 0 Å². The fourth-order valence-electron chi connectivity index (χ4n) is 5.54. The number of nitrogens with two attached hydrogens (primary N) is 1. The monoisotopic (exact) mass is 581 g/mol. The SMILES string of the molecule is C=C(/C=C(C)/N=C(\C=C(C)C)N1CC(N)C1)C1CCCCN1C(=O)c1cc(Cl)ccc1CCC(=O)N(CC)CCC. The molecule has 0 radical (unpaired) electrons. The van der Waals surface area contributed by atoms with Crippen LogP contribution in [0.2, 0.25) is 5.02 Å². The number of aryl methyl sites for hydroxylation is 1. The fraction of sp³-hybridized carbons (Fsp3) is 0.545. The maximum Gasteiger partial charge on any atom is 0.254 e. The molecule has 41 heavy (non-hydrogen) atoms. The lowest BCUT2D eigenvalue weighted by Gasteiger charge is -2.38. The number of carbonyl (C=O) groups is 2. The van der Waals surface area contributed by atoms with Gasteiger partial charge >= 0.3 is 0 Å². The predicted molar refractivity (Wildman–Crippen MR) is 170 cm³/mol. The predicted octanol–water partition coefficient (Wildman–Crippen LogP) is 5.99. The number of rotatable bonds is 11. The molecule has 2 aliphatic rings. The Morgan fingerprint density at radius 1 is 1.17 bits per heavy atom. The van der Waals surface area contributed by atoms with E-state index in [-0.39, 0.29) is 23.9 Å². The summed E-state index contributed by atoms with van der Waals surface area (Å²) in [6.45, 7) is 18.2. The fourth-order valence-corrected chi connectivity index (χ4v) is 5.71. The lowest BCUT2D eigenvalue weighted by atomic mass is 9.93. The number of likely N-dealkylation sites (tertiary alicyclic amines) is 2. The van der Waals surface area contributed by atoms with Crippen LogP contribution in [0.15, 0.2) is 58.8 Å². The molecule has 3 rings (SSSR count). The Hall–Kier alpha value is -2.90. The molecular formula is C33H48ClN5O2. The second-order valence-electron chi connectivity index (χ2n) is 11.5. The molecule has 1 atom stereocenters. The molecule has 224 valence electrons. The summed E-state index contributed by atoms with van der Waals surface area (Å²) in [6.07, 6.45) is 8.67. The number of allylic oxidation sites excluding steroid dienone is 2. The summed E-state index contributed by atoms with van der Waals surface area (Å²) < 4.78 is 0. The van der Waals surface area contributed by atoms with Gasteiger partial charge in [0.1, 0.15) is 5.84 Å². The van der Waals surface area contributed by atoms with Gasteiger partial charge in [0.2, 0.25) is 5.91 Å². The van der Waals surface area contributed by atoms with Gasteiger partial charge < -0.3 is 20.4 Å². The van der Waals surface area contributed by atoms with Gasteiger partial charge in [0.15, 0.2) is 0 Å². The summed E-state index contributed by atoms with van der Waals surface area (Å²) in [6, 6.07) is 5.49. The van der Waals surface area contributed by atoms with Crippen LogP contribution in [0.5, 0.6) is 0 Å². The molecule has 0 aromatic heterocycles. The Labute approximate surface area is 251 Å². The lowest BCUT2D eigenvalue weighted by molar-refractivity contribution is -0.131. The van der Waals surface area contributed by atoms with Crippen molar-refractivity contribution < 1.29 is 9.59 Å². The van der Waals surface area contributed by atoms with Crippen LogP contribution in [0, 0.1) is 0 Å². The number of amides is 2. The zero-order valence-electron chi connectivity index (χ0n) is 25.6. The average molecular weight is 582 g/mol. The topological polar surface area (TPSA) is 82.2 Å². The molecule has 0 spiro atoms. The molecule has 2 fully saturated rings. The number of benzene rings is 1. The number of aliphatic imine (C=N–C) groups is 1. The van der Waals surface area contributed by atoms with Crippen LogP contribution in [0.4, 0.5) is 0 Å². The first kappa shape index (κ1) is 32.6. The summed E-state index contributed by atoms with van der Waals surface area (Å²) >= 11 is 6.38. The number of hydrogen-bond donors (Lipinski definition) is 1. The van der Waals surface area contributed by atoms with Crippen molar-refractivity contribution in [1.29, 1.82) is 0 Å². The Bertz CT molecular complexity index is 1190. The van der Waals surface area contributed by atoms with E-state index in [0.717, 1.165) is 68.0 Å². The van der Waals surface area contributed by atoms with Crippen molar-refractivity contribution in [2.75, 3.05) is 32.7 Å². The second kappa shape index (κ2) is 15.4. The Morgan fingerprint density at radius 2 is 1.90 bits per heavy atom. The molecule has 8 heteroatoms. The highest BCUT2D eigenvalue weighted by Gasteiger charge is 2.30. The van der Waals surface area contributed by atoms with Gasteiger partial charge in [0.05, 0.1) is 6.04 Å². The maximum atomic E-state index is 14.0. The molecular weight excluding hydrogens is 534 g/mol. The van der Waals surface area contributed by atoms with E-state index in [9.17, 15) is 9.59 Å². The van der Waals surface area contributed by atoms with Crippen LogP contribution in [0.3, 0.4) is 0 Å². The number of piperidine rings is 1. The molecule has 2 saturated heterocycles. The lowest BCUT2D eigenvalue weighted by Crippen LogP contribution is -2.57. The van der Waals surface area contributed by atoms with Crippen molar-refractivity contribution in [2.45, 2.75) is 85.2 Å². The van der Waals surface area contributed by atoms with Crippen LogP contribution < -0.4 is 5.73 Å². The number of halogens is 1. The van der Waals surface area contributed by atoms with Crippen molar-refractivity contribution in [2.24, 2.45) is 10.7 Å². The van der Waals surface area contributed by atoms with E-state index < -0.39 is 0 Å². The summed E-state index contributed by atoms with van der Waals surface area (Å²) in [5, 5.41) is 0.513. The molecule has 1 unspecified atom stereocenters. The zero-order valence-corrected chi connectivity index (χ0v) is 26.3. The maximum absolute atomic E-state index is 14.0. The van der Waals surface area contributed by atoms with Gasteiger partial charge in [0, 0.05) is 61.5 Å². The minimum atomic E-state index is -0.126. The molecule has 1 aromatic rings. The van der Waals surface area contributed by atoms with Crippen LogP contribution in [-0.4, -0.2) is 77.2 Å². The largest absolute Gasteiger partial charge is 0.353 e. The van der Waals surface area contributed by atoms with Crippen LogP contribution in [-0.2, 0) is 11.2 Å². The molecule has 0 saturated carbocycles. The summed E-state index contributed by atoms with van der Waals surface area (Å²) in [5.41, 5.74) is 10.3. The van der Waals surface area contributed by atoms with Crippen LogP contribution in [0.1, 0.15) is 82.6 Å². The van der Waals surface area contributed by atoms with Crippen molar-refractivity contribution >= 4 is 29.3 Å². The van der Waals surface area contributed by atoms with Gasteiger partial charge in [-0.05, 0) is 95.2 Å². The van der Waals surface area contributed by atoms with Gasteiger partial charge in [-0.25, -0.2) is 4.99 Å². The van der Waals surface area contributed by atoms with Gasteiger partial charge in [-0.15, -0.1) is 0 Å². The summed E-state index contributed by atoms with van der Waals surface area (Å²) in [4.78, 5) is 37.7. The third kappa shape index (κ3) is 9.04. The van der Waals surface area contributed by atoms with Gasteiger partial charge in [-0.3, -0.25) is 9.59 Å². The third-order valence-electron chi connectivity index (χ3n) is 7.67. The first-order valence-corrected chi connectivity index (χ1v) is 15.4. The number of hydrogen-bond acceptors (Lipinski definition) is 4. The number of amidine groups is 1. The third-order valence-corrected chi connectivity index (χ3v) is 7.90. The number of nitrogens with zero attached hydrogens (tertiary/aromatic N) is 4. The van der Waals surface area contributed by atoms with Crippen molar-refractivity contribution in [3.63, 3.8) is 0 Å². The van der Waals surface area contributed by atoms with Crippen molar-refractivity contribution in [3.05, 3.63) is 69.9 Å². The smallest absolute Gasteiger partial charge is 0.254 e. The molecule has 2 N–H and O–H groups in total. The Balaban J connectivity index is 1.81. The van der Waals surface area contributed by atoms with E-state index >= 15 is 0 Å².